The summed E-state index contributed by atoms with van der Waals surface area (Å²) < 4.78 is 69.0. The van der Waals surface area contributed by atoms with Gasteiger partial charge in [-0.1, -0.05) is 23.7 Å². The molecule has 0 saturated carbocycles. The molecule has 1 amide bonds. The third kappa shape index (κ3) is 3.40. The van der Waals surface area contributed by atoms with Gasteiger partial charge in [0, 0.05) is 10.6 Å². The van der Waals surface area contributed by atoms with E-state index in [0.717, 1.165) is 4.70 Å². The zero-order valence-electron chi connectivity index (χ0n) is 14.6. The zero-order valence-corrected chi connectivity index (χ0v) is 16.1. The molecule has 0 aliphatic carbocycles. The highest BCUT2D eigenvalue weighted by Crippen LogP contribution is 2.36. The van der Waals surface area contributed by atoms with Crippen LogP contribution in [0.2, 0.25) is 5.02 Å². The highest BCUT2D eigenvalue weighted by molar-refractivity contribution is 7.21. The van der Waals surface area contributed by atoms with Crippen molar-refractivity contribution in [2.24, 2.45) is 0 Å². The van der Waals surface area contributed by atoms with Crippen LogP contribution in [-0.4, -0.2) is 10.9 Å². The number of hydrogen-bond acceptors (Lipinski definition) is 3. The minimum atomic E-state index is -2.35. The lowest BCUT2D eigenvalue weighted by Gasteiger charge is -2.12. The quantitative estimate of drug-likeness (QED) is 0.216. The molecule has 3 nitrogen and oxygen atoms in total. The molecule has 0 bridgehead atoms. The molecule has 1 aromatic heterocycles. The van der Waals surface area contributed by atoms with Gasteiger partial charge >= 0.3 is 0 Å². The molecule has 0 fully saturated rings. The molecule has 4 aromatic rings. The fourth-order valence-electron chi connectivity index (χ4n) is 2.78. The van der Waals surface area contributed by atoms with Crippen LogP contribution in [0.4, 0.5) is 27.6 Å². The number of amides is 1. The van der Waals surface area contributed by atoms with E-state index in [0.29, 0.717) is 16.1 Å². The van der Waals surface area contributed by atoms with Gasteiger partial charge in [-0.05, 0) is 30.3 Å². The van der Waals surface area contributed by atoms with Crippen LogP contribution in [0, 0.1) is 29.1 Å². The summed E-state index contributed by atoms with van der Waals surface area (Å²) >= 11 is 7.24. The lowest BCUT2D eigenvalue weighted by molar-refractivity contribution is 0.101. The Balaban J connectivity index is 1.79. The second kappa shape index (κ2) is 7.66. The Kier molecular flexibility index (Phi) is 5.17. The van der Waals surface area contributed by atoms with Crippen molar-refractivity contribution < 1.29 is 26.7 Å². The predicted octanol–water partition coefficient (Wildman–Crippen LogP) is 6.56. The van der Waals surface area contributed by atoms with E-state index >= 15 is 0 Å². The fraction of sp³-hybridized carbons (Fsp3) is 0. The van der Waals surface area contributed by atoms with Crippen molar-refractivity contribution in [1.29, 1.82) is 0 Å². The summed E-state index contributed by atoms with van der Waals surface area (Å²) in [6, 6.07) is 11.5. The SMILES string of the molecule is O=C(Nc1cc(Cl)ccc1-c1nc2ccccc2s1)c1c(F)c(F)c(F)c(F)c1F. The van der Waals surface area contributed by atoms with Gasteiger partial charge in [-0.3, -0.25) is 4.79 Å². The fourth-order valence-corrected chi connectivity index (χ4v) is 3.96. The smallest absolute Gasteiger partial charge is 0.261 e. The molecule has 10 heteroatoms. The monoisotopic (exact) mass is 454 g/mol. The number of rotatable bonds is 3. The standard InChI is InChI=1S/C20H8ClF5N2OS/c21-8-5-6-9(20-28-10-3-1-2-4-12(10)30-20)11(7-8)27-19(29)13-14(22)16(24)18(26)17(25)15(13)23/h1-7H,(H,27,29). The maximum Gasteiger partial charge on any atom is 0.261 e. The van der Waals surface area contributed by atoms with E-state index in [1.165, 1.54) is 29.5 Å². The molecule has 0 aliphatic rings. The number of hydrogen-bond donors (Lipinski definition) is 1. The summed E-state index contributed by atoms with van der Waals surface area (Å²) in [4.78, 5) is 16.9. The number of nitrogens with zero attached hydrogens (tertiary/aromatic N) is 1. The number of anilines is 1. The summed E-state index contributed by atoms with van der Waals surface area (Å²) in [5, 5.41) is 2.81. The predicted molar refractivity (Wildman–Crippen MR) is 104 cm³/mol. The highest BCUT2D eigenvalue weighted by Gasteiger charge is 2.30. The minimum absolute atomic E-state index is 0.00417. The third-order valence-corrected chi connectivity index (χ3v) is 5.50. The molecule has 0 saturated heterocycles. The molecule has 0 spiro atoms. The van der Waals surface area contributed by atoms with Crippen molar-refractivity contribution in [3.63, 3.8) is 0 Å². The lowest BCUT2D eigenvalue weighted by atomic mass is 10.1. The Morgan fingerprint density at radius 3 is 2.20 bits per heavy atom. The summed E-state index contributed by atoms with van der Waals surface area (Å²) in [6.07, 6.45) is 0. The Morgan fingerprint density at radius 1 is 0.900 bits per heavy atom. The van der Waals surface area contributed by atoms with E-state index in [1.54, 1.807) is 12.1 Å². The van der Waals surface area contributed by atoms with Crippen molar-refractivity contribution in [1.82, 2.24) is 4.98 Å². The first-order valence-electron chi connectivity index (χ1n) is 8.26. The molecule has 152 valence electrons. The second-order valence-electron chi connectivity index (χ2n) is 6.08. The normalized spacial score (nSPS) is 11.1. The number of thiazole rings is 1. The molecule has 3 aromatic carbocycles. The number of carbonyl (C=O) groups is 1. The Bertz CT molecular complexity index is 1260. The number of fused-ring (bicyclic) bond motifs is 1. The Labute approximate surface area is 174 Å². The van der Waals surface area contributed by atoms with Crippen LogP contribution < -0.4 is 5.32 Å². The number of aromatic nitrogens is 1. The zero-order chi connectivity index (χ0) is 21.6. The topological polar surface area (TPSA) is 42.0 Å². The molecule has 0 unspecified atom stereocenters. The molecule has 4 rings (SSSR count). The van der Waals surface area contributed by atoms with Crippen molar-refractivity contribution >= 4 is 44.7 Å². The summed E-state index contributed by atoms with van der Waals surface area (Å²) in [7, 11) is 0. The van der Waals surface area contributed by atoms with Gasteiger partial charge in [-0.25, -0.2) is 26.9 Å². The molecular weight excluding hydrogens is 447 g/mol. The van der Waals surface area contributed by atoms with Gasteiger partial charge in [0.25, 0.3) is 5.91 Å². The molecule has 1 heterocycles. The van der Waals surface area contributed by atoms with Gasteiger partial charge in [-0.15, -0.1) is 11.3 Å². The van der Waals surface area contributed by atoms with Crippen LogP contribution in [0.1, 0.15) is 10.4 Å². The van der Waals surface area contributed by atoms with Crippen LogP contribution in [0.5, 0.6) is 0 Å². The van der Waals surface area contributed by atoms with Crippen LogP contribution in [0.25, 0.3) is 20.8 Å². The van der Waals surface area contributed by atoms with Crippen LogP contribution in [-0.2, 0) is 0 Å². The van der Waals surface area contributed by atoms with Crippen molar-refractivity contribution in [3.05, 3.63) is 82.1 Å². The molecule has 0 atom stereocenters. The van der Waals surface area contributed by atoms with E-state index in [4.69, 9.17) is 11.6 Å². The van der Waals surface area contributed by atoms with Gasteiger partial charge in [0.2, 0.25) is 5.82 Å². The average molecular weight is 455 g/mol. The van der Waals surface area contributed by atoms with Gasteiger partial charge in [0.15, 0.2) is 23.3 Å². The van der Waals surface area contributed by atoms with E-state index < -0.39 is 40.6 Å². The van der Waals surface area contributed by atoms with Crippen LogP contribution >= 0.6 is 22.9 Å². The first-order valence-corrected chi connectivity index (χ1v) is 9.45. The maximum absolute atomic E-state index is 14.0. The molecule has 30 heavy (non-hydrogen) atoms. The summed E-state index contributed by atoms with van der Waals surface area (Å²) in [5.41, 5.74) is -0.556. The van der Waals surface area contributed by atoms with E-state index in [1.807, 2.05) is 12.1 Å². The van der Waals surface area contributed by atoms with E-state index in [9.17, 15) is 26.7 Å². The van der Waals surface area contributed by atoms with Gasteiger partial charge < -0.3 is 5.32 Å². The average Bonchev–Trinajstić information content (AvgIpc) is 3.15. The molecular formula is C20H8ClF5N2OS. The van der Waals surface area contributed by atoms with Crippen molar-refractivity contribution in [3.8, 4) is 10.6 Å². The number of halogens is 6. The summed E-state index contributed by atoms with van der Waals surface area (Å²) in [5.74, 6) is -12.8. The van der Waals surface area contributed by atoms with Gasteiger partial charge in [0.1, 0.15) is 10.6 Å². The lowest BCUT2D eigenvalue weighted by Crippen LogP contribution is -2.19. The Morgan fingerprint density at radius 2 is 1.53 bits per heavy atom. The number of carbonyl (C=O) groups excluding carboxylic acids is 1. The van der Waals surface area contributed by atoms with Crippen molar-refractivity contribution in [2.45, 2.75) is 0 Å². The van der Waals surface area contributed by atoms with E-state index in [-0.39, 0.29) is 10.7 Å². The van der Waals surface area contributed by atoms with Crippen molar-refractivity contribution in [2.75, 3.05) is 5.32 Å². The number of nitrogens with one attached hydrogen (secondary N) is 1. The third-order valence-electron chi connectivity index (χ3n) is 4.19. The van der Waals surface area contributed by atoms with Gasteiger partial charge in [0.05, 0.1) is 15.9 Å². The van der Waals surface area contributed by atoms with Crippen LogP contribution in [0.3, 0.4) is 0 Å². The first-order chi connectivity index (χ1) is 14.3. The molecule has 0 radical (unpaired) electrons. The largest absolute Gasteiger partial charge is 0.321 e. The molecule has 0 aliphatic heterocycles. The number of para-hydroxylation sites is 1. The maximum atomic E-state index is 14.0. The molecule has 1 N–H and O–H groups in total. The highest BCUT2D eigenvalue weighted by atomic mass is 35.5. The first kappa shape index (κ1) is 20.2. The van der Waals surface area contributed by atoms with Crippen LogP contribution in [0.15, 0.2) is 42.5 Å². The van der Waals surface area contributed by atoms with Gasteiger partial charge in [-0.2, -0.15) is 0 Å². The minimum Gasteiger partial charge on any atom is -0.321 e. The van der Waals surface area contributed by atoms with E-state index in [2.05, 4.69) is 10.3 Å². The number of benzene rings is 3. The summed E-state index contributed by atoms with van der Waals surface area (Å²) in [6.45, 7) is 0. The Hall–Kier alpha value is -3.04. The second-order valence-corrected chi connectivity index (χ2v) is 7.54.